The van der Waals surface area contributed by atoms with Crippen molar-refractivity contribution < 1.29 is 0 Å². The lowest BCUT2D eigenvalue weighted by molar-refractivity contribution is 1.28. The van der Waals surface area contributed by atoms with Crippen molar-refractivity contribution in [2.24, 2.45) is 0 Å². The monoisotopic (exact) mass is 154 g/mol. The van der Waals surface area contributed by atoms with Crippen LogP contribution in [0.5, 0.6) is 0 Å². The van der Waals surface area contributed by atoms with Crippen LogP contribution in [0.3, 0.4) is 0 Å². The van der Waals surface area contributed by atoms with Crippen LogP contribution in [0.15, 0.2) is 30.6 Å². The largest absolute Gasteiger partial charge is 0.237 e. The first-order valence-corrected chi connectivity index (χ1v) is 3.58. The lowest BCUT2D eigenvalue weighted by Gasteiger charge is -1.96. The van der Waals surface area contributed by atoms with Crippen molar-refractivity contribution in [3.05, 3.63) is 36.2 Å². The van der Waals surface area contributed by atoms with E-state index in [-0.39, 0.29) is 0 Å². The molecule has 56 valence electrons. The van der Waals surface area contributed by atoms with Crippen LogP contribution in [-0.4, -0.2) is 9.97 Å². The molecule has 0 saturated heterocycles. The number of hydrogen-bond donors (Lipinski definition) is 0. The predicted molar refractivity (Wildman–Crippen MR) is 47.5 cm³/mol. The molecular formula is C10H6N2. The number of terminal acetylenes is 1. The van der Waals surface area contributed by atoms with Crippen molar-refractivity contribution in [3.63, 3.8) is 0 Å². The van der Waals surface area contributed by atoms with Crippen LogP contribution in [0.25, 0.3) is 11.0 Å². The first-order valence-electron chi connectivity index (χ1n) is 3.58. The predicted octanol–water partition coefficient (Wildman–Crippen LogP) is 1.61. The van der Waals surface area contributed by atoms with Gasteiger partial charge in [0.05, 0.1) is 0 Å². The summed E-state index contributed by atoms with van der Waals surface area (Å²) in [6.45, 7) is 0. The molecule has 2 aromatic rings. The first kappa shape index (κ1) is 6.81. The van der Waals surface area contributed by atoms with Crippen molar-refractivity contribution in [1.82, 2.24) is 9.97 Å². The second-order valence-corrected chi connectivity index (χ2v) is 2.38. The van der Waals surface area contributed by atoms with Gasteiger partial charge < -0.3 is 0 Å². The summed E-state index contributed by atoms with van der Waals surface area (Å²) >= 11 is 0. The molecule has 0 spiro atoms. The van der Waals surface area contributed by atoms with Gasteiger partial charge in [0.15, 0.2) is 5.65 Å². The van der Waals surface area contributed by atoms with E-state index in [4.69, 9.17) is 6.42 Å². The summed E-state index contributed by atoms with van der Waals surface area (Å²) in [7, 11) is 0. The molecule has 12 heavy (non-hydrogen) atoms. The van der Waals surface area contributed by atoms with Gasteiger partial charge in [0.2, 0.25) is 0 Å². The molecule has 0 amide bonds. The fraction of sp³-hybridized carbons (Fsp3) is 0. The van der Waals surface area contributed by atoms with Crippen molar-refractivity contribution in [2.75, 3.05) is 0 Å². The molecule has 0 N–H and O–H groups in total. The second-order valence-electron chi connectivity index (χ2n) is 2.38. The van der Waals surface area contributed by atoms with Crippen LogP contribution in [0.1, 0.15) is 5.56 Å². The molecule has 0 aliphatic rings. The first-order chi connectivity index (χ1) is 5.92. The number of rotatable bonds is 0. The summed E-state index contributed by atoms with van der Waals surface area (Å²) in [4.78, 5) is 8.17. The van der Waals surface area contributed by atoms with Crippen molar-refractivity contribution in [2.45, 2.75) is 0 Å². The summed E-state index contributed by atoms with van der Waals surface area (Å²) in [5, 5.41) is 0.933. The summed E-state index contributed by atoms with van der Waals surface area (Å²) in [6, 6.07) is 5.58. The molecule has 2 aromatic heterocycles. The minimum atomic E-state index is 0.702. The van der Waals surface area contributed by atoms with Crippen LogP contribution in [0.4, 0.5) is 0 Å². The summed E-state index contributed by atoms with van der Waals surface area (Å²) in [5.41, 5.74) is 1.54. The molecule has 0 aliphatic heterocycles. The number of hydrogen-bond acceptors (Lipinski definition) is 2. The Morgan fingerprint density at radius 3 is 2.83 bits per heavy atom. The Kier molecular flexibility index (Phi) is 1.49. The van der Waals surface area contributed by atoms with E-state index in [0.717, 1.165) is 10.9 Å². The maximum Gasteiger partial charge on any atom is 0.160 e. The van der Waals surface area contributed by atoms with Crippen molar-refractivity contribution in [1.29, 1.82) is 0 Å². The Balaban J connectivity index is 2.91. The second kappa shape index (κ2) is 2.63. The third kappa shape index (κ3) is 0.923. The van der Waals surface area contributed by atoms with E-state index in [0.29, 0.717) is 5.65 Å². The molecule has 0 bridgehead atoms. The molecule has 2 heteroatoms. The molecule has 0 aliphatic carbocycles. The molecule has 0 saturated carbocycles. The molecule has 0 aromatic carbocycles. The highest BCUT2D eigenvalue weighted by atomic mass is 14.8. The minimum Gasteiger partial charge on any atom is -0.237 e. The van der Waals surface area contributed by atoms with Gasteiger partial charge >= 0.3 is 0 Å². The third-order valence-corrected chi connectivity index (χ3v) is 1.67. The fourth-order valence-electron chi connectivity index (χ4n) is 1.11. The van der Waals surface area contributed by atoms with E-state index >= 15 is 0 Å². The molecule has 0 fully saturated rings. The summed E-state index contributed by atoms with van der Waals surface area (Å²) < 4.78 is 0. The van der Waals surface area contributed by atoms with Gasteiger partial charge in [0, 0.05) is 23.3 Å². The number of aromatic nitrogens is 2. The van der Waals surface area contributed by atoms with Gasteiger partial charge in [-0.25, -0.2) is 9.97 Å². The van der Waals surface area contributed by atoms with Crippen LogP contribution in [-0.2, 0) is 0 Å². The van der Waals surface area contributed by atoms with Gasteiger partial charge in [-0.1, -0.05) is 5.92 Å². The Morgan fingerprint density at radius 2 is 2.00 bits per heavy atom. The summed E-state index contributed by atoms with van der Waals surface area (Å²) in [6.07, 6.45) is 8.69. The summed E-state index contributed by atoms with van der Waals surface area (Å²) in [5.74, 6) is 2.59. The van der Waals surface area contributed by atoms with E-state index in [1.807, 2.05) is 18.2 Å². The van der Waals surface area contributed by atoms with Crippen LogP contribution in [0, 0.1) is 12.3 Å². The molecular weight excluding hydrogens is 148 g/mol. The Morgan fingerprint density at radius 1 is 1.17 bits per heavy atom. The molecule has 0 atom stereocenters. The minimum absolute atomic E-state index is 0.702. The van der Waals surface area contributed by atoms with Gasteiger partial charge in [0.25, 0.3) is 0 Å². The quantitative estimate of drug-likeness (QED) is 0.539. The van der Waals surface area contributed by atoms with E-state index < -0.39 is 0 Å². The van der Waals surface area contributed by atoms with Gasteiger partial charge in [-0.05, 0) is 18.2 Å². The molecule has 0 unspecified atom stereocenters. The van der Waals surface area contributed by atoms with Crippen LogP contribution in [0.2, 0.25) is 0 Å². The van der Waals surface area contributed by atoms with Crippen molar-refractivity contribution in [3.8, 4) is 12.3 Å². The molecule has 2 nitrogen and oxygen atoms in total. The van der Waals surface area contributed by atoms with Gasteiger partial charge in [0.1, 0.15) is 0 Å². The number of nitrogens with zero attached hydrogens (tertiary/aromatic N) is 2. The van der Waals surface area contributed by atoms with Crippen LogP contribution < -0.4 is 0 Å². The molecule has 2 heterocycles. The number of fused-ring (bicyclic) bond motifs is 1. The van der Waals surface area contributed by atoms with Gasteiger partial charge in [-0.15, -0.1) is 6.42 Å². The zero-order valence-electron chi connectivity index (χ0n) is 6.36. The zero-order chi connectivity index (χ0) is 8.39. The maximum atomic E-state index is 5.31. The standard InChI is InChI=1S/C10H6N2/c1-2-8-5-7-12-10-9(8)4-3-6-11-10/h1,3-7H. The fourth-order valence-corrected chi connectivity index (χ4v) is 1.11. The highest BCUT2D eigenvalue weighted by Crippen LogP contribution is 2.11. The number of pyridine rings is 2. The van der Waals surface area contributed by atoms with E-state index in [1.54, 1.807) is 12.4 Å². The Hall–Kier alpha value is -1.88. The average Bonchev–Trinajstić information content (AvgIpc) is 2.17. The lowest BCUT2D eigenvalue weighted by atomic mass is 10.2. The van der Waals surface area contributed by atoms with Crippen molar-refractivity contribution >= 4 is 11.0 Å². The highest BCUT2D eigenvalue weighted by molar-refractivity contribution is 5.81. The smallest absolute Gasteiger partial charge is 0.160 e. The van der Waals surface area contributed by atoms with E-state index in [1.165, 1.54) is 0 Å². The third-order valence-electron chi connectivity index (χ3n) is 1.67. The maximum absolute atomic E-state index is 5.31. The normalized spacial score (nSPS) is 9.58. The average molecular weight is 154 g/mol. The highest BCUT2D eigenvalue weighted by Gasteiger charge is 1.97. The Labute approximate surface area is 70.3 Å². The molecule has 0 radical (unpaired) electrons. The Bertz CT molecular complexity index is 449. The van der Waals surface area contributed by atoms with Gasteiger partial charge in [-0.2, -0.15) is 0 Å². The van der Waals surface area contributed by atoms with Crippen LogP contribution >= 0.6 is 0 Å². The van der Waals surface area contributed by atoms with Gasteiger partial charge in [-0.3, -0.25) is 0 Å². The van der Waals surface area contributed by atoms with E-state index in [9.17, 15) is 0 Å². The molecule has 2 rings (SSSR count). The topological polar surface area (TPSA) is 25.8 Å². The SMILES string of the molecule is C#Cc1ccnc2ncccc12. The lowest BCUT2D eigenvalue weighted by Crippen LogP contribution is -1.84. The van der Waals surface area contributed by atoms with E-state index in [2.05, 4.69) is 15.9 Å². The zero-order valence-corrected chi connectivity index (χ0v) is 6.36.